The van der Waals surface area contributed by atoms with E-state index in [1.807, 2.05) is 19.9 Å². The molecule has 1 amide bonds. The van der Waals surface area contributed by atoms with Gasteiger partial charge in [-0.25, -0.2) is 8.42 Å². The molecule has 1 aromatic heterocycles. The molecule has 0 unspecified atom stereocenters. The molecule has 8 nitrogen and oxygen atoms in total. The number of carbonyl (C=O) groups excluding carboxylic acids is 1. The lowest BCUT2D eigenvalue weighted by molar-refractivity contribution is -0.129. The lowest BCUT2D eigenvalue weighted by Gasteiger charge is -2.34. The number of aromatic nitrogens is 2. The molecule has 0 bridgehead atoms. The molecule has 2 heterocycles. The molecule has 11 heteroatoms. The smallest absolute Gasteiger partial charge is 0.243 e. The molecule has 0 spiro atoms. The van der Waals surface area contributed by atoms with E-state index in [1.54, 1.807) is 17.0 Å². The molecule has 30 heavy (non-hydrogen) atoms. The SMILES string of the molecule is Cc1ccc(S(=O)(=O)N2CCN(C(=O)CSc3nnc(NC4CC4)s3)CC2)cc1C. The van der Waals surface area contributed by atoms with E-state index in [2.05, 4.69) is 15.5 Å². The zero-order chi connectivity index (χ0) is 21.3. The maximum absolute atomic E-state index is 12.9. The van der Waals surface area contributed by atoms with Crippen LogP contribution in [0, 0.1) is 13.8 Å². The minimum Gasteiger partial charge on any atom is -0.357 e. The van der Waals surface area contributed by atoms with Crippen LogP contribution in [0.2, 0.25) is 0 Å². The normalized spacial score (nSPS) is 17.9. The number of hydrogen-bond donors (Lipinski definition) is 1. The van der Waals surface area contributed by atoms with Crippen molar-refractivity contribution in [2.75, 3.05) is 37.2 Å². The van der Waals surface area contributed by atoms with Gasteiger partial charge in [-0.2, -0.15) is 4.31 Å². The number of nitrogens with zero attached hydrogens (tertiary/aromatic N) is 4. The quantitative estimate of drug-likeness (QED) is 0.625. The first-order chi connectivity index (χ1) is 14.3. The number of rotatable bonds is 7. The van der Waals surface area contributed by atoms with Crippen LogP contribution in [0.15, 0.2) is 27.4 Å². The molecule has 0 radical (unpaired) electrons. The Morgan fingerprint density at radius 3 is 2.57 bits per heavy atom. The van der Waals surface area contributed by atoms with E-state index in [4.69, 9.17) is 0 Å². The van der Waals surface area contributed by atoms with Crippen molar-refractivity contribution in [2.24, 2.45) is 0 Å². The number of hydrogen-bond acceptors (Lipinski definition) is 8. The molecule has 1 saturated carbocycles. The Morgan fingerprint density at radius 1 is 1.17 bits per heavy atom. The van der Waals surface area contributed by atoms with Crippen molar-refractivity contribution in [3.05, 3.63) is 29.3 Å². The number of benzene rings is 1. The van der Waals surface area contributed by atoms with E-state index < -0.39 is 10.0 Å². The molecule has 1 saturated heterocycles. The Balaban J connectivity index is 1.28. The minimum absolute atomic E-state index is 0.00451. The van der Waals surface area contributed by atoms with Crippen molar-refractivity contribution in [3.8, 4) is 0 Å². The van der Waals surface area contributed by atoms with Crippen molar-refractivity contribution in [2.45, 2.75) is 42.0 Å². The van der Waals surface area contributed by atoms with Crippen LogP contribution in [0.5, 0.6) is 0 Å². The second-order valence-electron chi connectivity index (χ2n) is 7.61. The predicted molar refractivity (Wildman–Crippen MR) is 119 cm³/mol. The van der Waals surface area contributed by atoms with E-state index in [0.29, 0.717) is 37.1 Å². The highest BCUT2D eigenvalue weighted by molar-refractivity contribution is 8.01. The summed E-state index contributed by atoms with van der Waals surface area (Å²) in [6.07, 6.45) is 2.34. The highest BCUT2D eigenvalue weighted by Crippen LogP contribution is 2.30. The van der Waals surface area contributed by atoms with Gasteiger partial charge in [-0.05, 0) is 49.9 Å². The molecular formula is C19H25N5O3S3. The van der Waals surface area contributed by atoms with Crippen LogP contribution in [0.3, 0.4) is 0 Å². The maximum atomic E-state index is 12.9. The van der Waals surface area contributed by atoms with E-state index in [-0.39, 0.29) is 11.7 Å². The Hall–Kier alpha value is -1.69. The number of sulfonamides is 1. The fourth-order valence-corrected chi connectivity index (χ4v) is 6.38. The summed E-state index contributed by atoms with van der Waals surface area (Å²) in [5.41, 5.74) is 2.02. The summed E-state index contributed by atoms with van der Waals surface area (Å²) in [4.78, 5) is 14.6. The average Bonchev–Trinajstić information content (AvgIpc) is 3.44. The number of nitrogens with one attached hydrogen (secondary N) is 1. The number of amides is 1. The Bertz CT molecular complexity index is 1030. The van der Waals surface area contributed by atoms with Crippen molar-refractivity contribution in [1.29, 1.82) is 0 Å². The third-order valence-electron chi connectivity index (χ3n) is 5.34. The molecule has 2 aromatic rings. The zero-order valence-electron chi connectivity index (χ0n) is 17.0. The molecule has 2 fully saturated rings. The number of aryl methyl sites for hydroxylation is 2. The van der Waals surface area contributed by atoms with Crippen molar-refractivity contribution in [3.63, 3.8) is 0 Å². The number of anilines is 1. The second kappa shape index (κ2) is 8.81. The maximum Gasteiger partial charge on any atom is 0.243 e. The summed E-state index contributed by atoms with van der Waals surface area (Å²) in [7, 11) is -3.54. The summed E-state index contributed by atoms with van der Waals surface area (Å²) in [5.74, 6) is 0.275. The zero-order valence-corrected chi connectivity index (χ0v) is 19.4. The first-order valence-electron chi connectivity index (χ1n) is 9.91. The number of carbonyl (C=O) groups is 1. The lowest BCUT2D eigenvalue weighted by Crippen LogP contribution is -2.50. The standard InChI is InChI=1S/C19H25N5O3S3/c1-13-3-6-16(11-14(13)2)30(26,27)24-9-7-23(8-10-24)17(25)12-28-19-22-21-18(29-19)20-15-4-5-15/h3,6,11,15H,4-5,7-10,12H2,1-2H3,(H,20,21). The number of thioether (sulfide) groups is 1. The van der Waals surface area contributed by atoms with Gasteiger partial charge >= 0.3 is 0 Å². The van der Waals surface area contributed by atoms with Gasteiger partial charge in [0.05, 0.1) is 10.6 Å². The van der Waals surface area contributed by atoms with Gasteiger partial charge < -0.3 is 10.2 Å². The lowest BCUT2D eigenvalue weighted by atomic mass is 10.1. The van der Waals surface area contributed by atoms with Gasteiger partial charge in [0.1, 0.15) is 0 Å². The summed E-state index contributed by atoms with van der Waals surface area (Å²) >= 11 is 2.84. The minimum atomic E-state index is -3.54. The molecule has 1 aliphatic carbocycles. The van der Waals surface area contributed by atoms with Crippen LogP contribution >= 0.6 is 23.1 Å². The summed E-state index contributed by atoms with van der Waals surface area (Å²) < 4.78 is 28.1. The van der Waals surface area contributed by atoms with Gasteiger partial charge in [0.15, 0.2) is 4.34 Å². The van der Waals surface area contributed by atoms with Gasteiger partial charge in [-0.1, -0.05) is 29.2 Å². The van der Waals surface area contributed by atoms with E-state index in [1.165, 1.54) is 40.2 Å². The summed E-state index contributed by atoms with van der Waals surface area (Å²) in [5, 5.41) is 12.3. The Labute approximate surface area is 185 Å². The molecule has 4 rings (SSSR count). The van der Waals surface area contributed by atoms with Crippen LogP contribution in [0.25, 0.3) is 0 Å². The fraction of sp³-hybridized carbons (Fsp3) is 0.526. The van der Waals surface area contributed by atoms with Gasteiger partial charge in [-0.15, -0.1) is 10.2 Å². The van der Waals surface area contributed by atoms with Crippen molar-refractivity contribution < 1.29 is 13.2 Å². The molecule has 0 atom stereocenters. The summed E-state index contributed by atoms with van der Waals surface area (Å²) in [6.45, 7) is 5.27. The van der Waals surface area contributed by atoms with Crippen LogP contribution in [-0.2, 0) is 14.8 Å². The van der Waals surface area contributed by atoms with Crippen LogP contribution < -0.4 is 5.32 Å². The monoisotopic (exact) mass is 467 g/mol. The topological polar surface area (TPSA) is 95.5 Å². The first-order valence-corrected chi connectivity index (χ1v) is 13.1. The molecule has 1 N–H and O–H groups in total. The fourth-order valence-electron chi connectivity index (χ4n) is 3.14. The molecule has 2 aliphatic rings. The van der Waals surface area contributed by atoms with Gasteiger partial charge in [0, 0.05) is 32.2 Å². The largest absolute Gasteiger partial charge is 0.357 e. The van der Waals surface area contributed by atoms with Crippen LogP contribution in [0.4, 0.5) is 5.13 Å². The van der Waals surface area contributed by atoms with Crippen LogP contribution in [-0.4, -0.2) is 71.7 Å². The van der Waals surface area contributed by atoms with Crippen molar-refractivity contribution in [1.82, 2.24) is 19.4 Å². The van der Waals surface area contributed by atoms with E-state index in [0.717, 1.165) is 20.6 Å². The molecular weight excluding hydrogens is 442 g/mol. The van der Waals surface area contributed by atoms with Gasteiger partial charge in [0.2, 0.25) is 21.1 Å². The highest BCUT2D eigenvalue weighted by atomic mass is 32.2. The Morgan fingerprint density at radius 2 is 1.90 bits per heavy atom. The second-order valence-corrected chi connectivity index (χ2v) is 11.7. The molecule has 1 aromatic carbocycles. The third kappa shape index (κ3) is 4.96. The summed E-state index contributed by atoms with van der Waals surface area (Å²) in [6, 6.07) is 5.72. The average molecular weight is 468 g/mol. The predicted octanol–water partition coefficient (Wildman–Crippen LogP) is 2.35. The Kier molecular flexibility index (Phi) is 6.33. The van der Waals surface area contributed by atoms with Gasteiger partial charge in [0.25, 0.3) is 0 Å². The highest BCUT2D eigenvalue weighted by Gasteiger charge is 2.30. The van der Waals surface area contributed by atoms with E-state index >= 15 is 0 Å². The molecule has 162 valence electrons. The number of piperazine rings is 1. The van der Waals surface area contributed by atoms with Crippen LogP contribution in [0.1, 0.15) is 24.0 Å². The van der Waals surface area contributed by atoms with E-state index in [9.17, 15) is 13.2 Å². The van der Waals surface area contributed by atoms with Crippen molar-refractivity contribution >= 4 is 44.2 Å². The first kappa shape index (κ1) is 21.5. The van der Waals surface area contributed by atoms with Gasteiger partial charge in [-0.3, -0.25) is 4.79 Å². The third-order valence-corrected chi connectivity index (χ3v) is 9.21. The molecule has 1 aliphatic heterocycles.